The van der Waals surface area contributed by atoms with Crippen LogP contribution in [-0.4, -0.2) is 40.8 Å². The van der Waals surface area contributed by atoms with E-state index >= 15 is 0 Å². The number of thiazole rings is 1. The Morgan fingerprint density at radius 2 is 2.14 bits per heavy atom. The fourth-order valence-corrected chi connectivity index (χ4v) is 4.47. The average molecular weight is 441 g/mol. The molecule has 2 amide bonds. The Kier molecular flexibility index (Phi) is 7.29. The number of anilines is 1. The van der Waals surface area contributed by atoms with Gasteiger partial charge in [-0.25, -0.2) is 4.98 Å². The van der Waals surface area contributed by atoms with Crippen LogP contribution in [0.15, 0.2) is 24.4 Å². The molecule has 6 nitrogen and oxygen atoms in total. The van der Waals surface area contributed by atoms with Crippen LogP contribution in [0.3, 0.4) is 0 Å². The van der Waals surface area contributed by atoms with Crippen LogP contribution in [-0.2, 0) is 11.3 Å². The van der Waals surface area contributed by atoms with Crippen LogP contribution in [0.4, 0.5) is 5.13 Å². The molecule has 1 aromatic heterocycles. The smallest absolute Gasteiger partial charge is 0.253 e. The second-order valence-electron chi connectivity index (χ2n) is 6.80. The Morgan fingerprint density at radius 3 is 2.89 bits per heavy atom. The molecule has 0 saturated carbocycles. The van der Waals surface area contributed by atoms with Crippen LogP contribution in [0.2, 0.25) is 10.0 Å². The molecule has 1 unspecified atom stereocenters. The van der Waals surface area contributed by atoms with Gasteiger partial charge in [0, 0.05) is 28.7 Å². The van der Waals surface area contributed by atoms with E-state index in [4.69, 9.17) is 23.2 Å². The summed E-state index contributed by atoms with van der Waals surface area (Å²) in [6, 6.07) is 5.15. The lowest BCUT2D eigenvalue weighted by Gasteiger charge is -2.32. The zero-order chi connectivity index (χ0) is 20.1. The lowest BCUT2D eigenvalue weighted by Crippen LogP contribution is -2.36. The topological polar surface area (TPSA) is 74.3 Å². The van der Waals surface area contributed by atoms with E-state index in [0.29, 0.717) is 16.2 Å². The van der Waals surface area contributed by atoms with Crippen molar-refractivity contribution < 1.29 is 9.59 Å². The fourth-order valence-electron chi connectivity index (χ4n) is 3.12. The first-order valence-electron chi connectivity index (χ1n) is 9.14. The Bertz CT molecular complexity index is 858. The van der Waals surface area contributed by atoms with Crippen LogP contribution in [0.25, 0.3) is 0 Å². The van der Waals surface area contributed by atoms with Crippen LogP contribution in [0, 0.1) is 0 Å². The Labute approximate surface area is 178 Å². The number of rotatable bonds is 6. The van der Waals surface area contributed by atoms with Crippen molar-refractivity contribution in [3.05, 3.63) is 44.9 Å². The maximum Gasteiger partial charge on any atom is 0.253 e. The quantitative estimate of drug-likeness (QED) is 0.705. The number of carbonyl (C=O) groups is 2. The van der Waals surface area contributed by atoms with E-state index in [2.05, 4.69) is 27.4 Å². The Morgan fingerprint density at radius 1 is 1.32 bits per heavy atom. The van der Waals surface area contributed by atoms with Gasteiger partial charge in [-0.1, -0.05) is 29.6 Å². The second kappa shape index (κ2) is 9.69. The van der Waals surface area contributed by atoms with Crippen LogP contribution in [0.5, 0.6) is 0 Å². The molecule has 1 atom stereocenters. The highest BCUT2D eigenvalue weighted by molar-refractivity contribution is 7.15. The van der Waals surface area contributed by atoms with Crippen LogP contribution in [0.1, 0.15) is 41.4 Å². The molecule has 0 radical (unpaired) electrons. The van der Waals surface area contributed by atoms with Crippen LogP contribution >= 0.6 is 34.5 Å². The molecule has 150 valence electrons. The third-order valence-electron chi connectivity index (χ3n) is 4.68. The molecule has 0 aliphatic carbocycles. The zero-order valence-corrected chi connectivity index (χ0v) is 17.8. The lowest BCUT2D eigenvalue weighted by atomic mass is 10.0. The van der Waals surface area contributed by atoms with Crippen molar-refractivity contribution in [1.82, 2.24) is 15.2 Å². The van der Waals surface area contributed by atoms with Gasteiger partial charge >= 0.3 is 0 Å². The first-order chi connectivity index (χ1) is 13.4. The van der Waals surface area contributed by atoms with Crippen molar-refractivity contribution in [2.24, 2.45) is 0 Å². The molecule has 1 fully saturated rings. The van der Waals surface area contributed by atoms with Gasteiger partial charge in [-0.15, -0.1) is 11.3 Å². The molecule has 0 spiro atoms. The van der Waals surface area contributed by atoms with Crippen molar-refractivity contribution in [3.63, 3.8) is 0 Å². The van der Waals surface area contributed by atoms with E-state index in [1.165, 1.54) is 42.7 Å². The summed E-state index contributed by atoms with van der Waals surface area (Å²) < 4.78 is 0. The van der Waals surface area contributed by atoms with Crippen molar-refractivity contribution in [1.29, 1.82) is 0 Å². The standard InChI is InChI=1S/C19H22Cl2N4O2S/c1-12-4-2-3-7-25(12)11-14-9-23-19(28-14)24-17(26)10-22-18(27)15-6-5-13(20)8-16(15)21/h5-6,8-9,12H,2-4,7,10-11H2,1H3,(H,22,27)(H,23,24,26). The predicted octanol–water partition coefficient (Wildman–Crippen LogP) is 4.19. The number of benzene rings is 1. The monoisotopic (exact) mass is 440 g/mol. The van der Waals surface area contributed by atoms with E-state index in [1.807, 2.05) is 0 Å². The summed E-state index contributed by atoms with van der Waals surface area (Å²) in [5.74, 6) is -0.776. The van der Waals surface area contributed by atoms with Gasteiger partial charge in [-0.2, -0.15) is 0 Å². The van der Waals surface area contributed by atoms with E-state index in [9.17, 15) is 9.59 Å². The van der Waals surface area contributed by atoms with Crippen molar-refractivity contribution in [2.45, 2.75) is 38.8 Å². The van der Waals surface area contributed by atoms with Gasteiger partial charge in [0.15, 0.2) is 5.13 Å². The number of aromatic nitrogens is 1. The van der Waals surface area contributed by atoms with Gasteiger partial charge < -0.3 is 10.6 Å². The van der Waals surface area contributed by atoms with E-state index in [1.54, 1.807) is 12.3 Å². The number of hydrogen-bond donors (Lipinski definition) is 2. The summed E-state index contributed by atoms with van der Waals surface area (Å²) in [7, 11) is 0. The molecule has 0 bridgehead atoms. The molecular formula is C19H22Cl2N4O2S. The molecule has 2 heterocycles. The van der Waals surface area contributed by atoms with E-state index in [0.717, 1.165) is 18.0 Å². The summed E-state index contributed by atoms with van der Waals surface area (Å²) in [6.07, 6.45) is 5.53. The third kappa shape index (κ3) is 5.67. The summed E-state index contributed by atoms with van der Waals surface area (Å²) in [4.78, 5) is 32.1. The predicted molar refractivity (Wildman–Crippen MR) is 113 cm³/mol. The van der Waals surface area contributed by atoms with Crippen molar-refractivity contribution >= 4 is 51.5 Å². The number of likely N-dealkylation sites (tertiary alicyclic amines) is 1. The molecule has 1 saturated heterocycles. The maximum atomic E-state index is 12.2. The molecule has 28 heavy (non-hydrogen) atoms. The number of nitrogens with zero attached hydrogens (tertiary/aromatic N) is 2. The lowest BCUT2D eigenvalue weighted by molar-refractivity contribution is -0.115. The van der Waals surface area contributed by atoms with E-state index < -0.39 is 5.91 Å². The van der Waals surface area contributed by atoms with Gasteiger partial charge in [0.1, 0.15) is 0 Å². The van der Waals surface area contributed by atoms with Crippen molar-refractivity contribution in [2.75, 3.05) is 18.4 Å². The minimum atomic E-state index is -0.435. The summed E-state index contributed by atoms with van der Waals surface area (Å²) in [5, 5.41) is 6.48. The zero-order valence-electron chi connectivity index (χ0n) is 15.5. The SMILES string of the molecule is CC1CCCCN1Cc1cnc(NC(=O)CNC(=O)c2ccc(Cl)cc2Cl)s1. The Hall–Kier alpha value is -1.67. The van der Waals surface area contributed by atoms with Crippen LogP contribution < -0.4 is 10.6 Å². The second-order valence-corrected chi connectivity index (χ2v) is 8.76. The number of halogens is 2. The molecule has 2 aromatic rings. The fraction of sp³-hybridized carbons (Fsp3) is 0.421. The largest absolute Gasteiger partial charge is 0.343 e. The number of amides is 2. The summed E-state index contributed by atoms with van der Waals surface area (Å²) in [5.41, 5.74) is 0.269. The third-order valence-corrected chi connectivity index (χ3v) is 6.13. The van der Waals surface area contributed by atoms with Crippen molar-refractivity contribution in [3.8, 4) is 0 Å². The minimum absolute atomic E-state index is 0.171. The highest BCUT2D eigenvalue weighted by Crippen LogP contribution is 2.24. The highest BCUT2D eigenvalue weighted by Gasteiger charge is 2.19. The molecular weight excluding hydrogens is 419 g/mol. The van der Waals surface area contributed by atoms with Gasteiger partial charge in [-0.3, -0.25) is 14.5 Å². The number of hydrogen-bond acceptors (Lipinski definition) is 5. The molecule has 9 heteroatoms. The van der Waals surface area contributed by atoms with E-state index in [-0.39, 0.29) is 23.0 Å². The maximum absolute atomic E-state index is 12.2. The number of nitrogens with one attached hydrogen (secondary N) is 2. The number of piperidine rings is 1. The molecule has 1 aliphatic heterocycles. The molecule has 2 N–H and O–H groups in total. The minimum Gasteiger partial charge on any atom is -0.343 e. The molecule has 3 rings (SSSR count). The van der Waals surface area contributed by atoms with Gasteiger partial charge in [0.25, 0.3) is 5.91 Å². The summed E-state index contributed by atoms with van der Waals surface area (Å²) >= 11 is 13.3. The van der Waals surface area contributed by atoms with Gasteiger partial charge in [0.05, 0.1) is 17.1 Å². The average Bonchev–Trinajstić information content (AvgIpc) is 3.08. The Balaban J connectivity index is 1.48. The van der Waals surface area contributed by atoms with Gasteiger partial charge in [0.2, 0.25) is 5.91 Å². The highest BCUT2D eigenvalue weighted by atomic mass is 35.5. The first-order valence-corrected chi connectivity index (χ1v) is 10.7. The number of carbonyl (C=O) groups excluding carboxylic acids is 2. The first kappa shape index (κ1) is 21.0. The molecule has 1 aliphatic rings. The summed E-state index contributed by atoms with van der Waals surface area (Å²) in [6.45, 7) is 4.02. The molecule has 1 aromatic carbocycles. The van der Waals surface area contributed by atoms with Gasteiger partial charge in [-0.05, 0) is 44.5 Å². The normalized spacial score (nSPS) is 17.3.